The Kier molecular flexibility index (Phi) is 8.41. The highest BCUT2D eigenvalue weighted by molar-refractivity contribution is 6.29. The molecule has 1 aliphatic heterocycles. The SMILES string of the molecule is C=C=C/C=C\C(=C/C)C1CC1C(=O)NCC1CN(c2ccc(C(=O)Nc3ccc(Cl)nc3)c(F)c2)C(=O)O1. The van der Waals surface area contributed by atoms with Gasteiger partial charge in [0.25, 0.3) is 5.91 Å². The average Bonchev–Trinajstić information content (AvgIpc) is 3.61. The van der Waals surface area contributed by atoms with Gasteiger partial charge in [-0.1, -0.05) is 36.4 Å². The van der Waals surface area contributed by atoms with E-state index in [-0.39, 0.29) is 47.2 Å². The zero-order valence-electron chi connectivity index (χ0n) is 20.6. The van der Waals surface area contributed by atoms with E-state index < -0.39 is 23.9 Å². The molecular weight excluding hydrogens is 511 g/mol. The van der Waals surface area contributed by atoms with Crippen LogP contribution in [0.15, 0.2) is 78.7 Å². The fourth-order valence-corrected chi connectivity index (χ4v) is 4.31. The molecule has 0 radical (unpaired) electrons. The summed E-state index contributed by atoms with van der Waals surface area (Å²) in [5.41, 5.74) is 4.14. The number of ether oxygens (including phenoxy) is 1. The van der Waals surface area contributed by atoms with E-state index in [1.165, 1.54) is 29.3 Å². The summed E-state index contributed by atoms with van der Waals surface area (Å²) in [6.07, 6.45) is 8.31. The number of benzene rings is 1. The Labute approximate surface area is 224 Å². The number of cyclic esters (lactones) is 1. The smallest absolute Gasteiger partial charge is 0.414 e. The molecular formula is C28H26ClFN4O4. The lowest BCUT2D eigenvalue weighted by molar-refractivity contribution is -0.122. The molecule has 1 aromatic heterocycles. The maximum atomic E-state index is 14.8. The molecule has 38 heavy (non-hydrogen) atoms. The molecule has 1 saturated carbocycles. The summed E-state index contributed by atoms with van der Waals surface area (Å²) in [7, 11) is 0. The van der Waals surface area contributed by atoms with Gasteiger partial charge in [-0.15, -0.1) is 5.73 Å². The Morgan fingerprint density at radius 2 is 2.13 bits per heavy atom. The van der Waals surface area contributed by atoms with Crippen molar-refractivity contribution in [2.75, 3.05) is 23.3 Å². The molecule has 1 aromatic carbocycles. The minimum absolute atomic E-state index is 0.103. The molecule has 3 atom stereocenters. The highest BCUT2D eigenvalue weighted by atomic mass is 35.5. The van der Waals surface area contributed by atoms with Crippen LogP contribution < -0.4 is 15.5 Å². The number of allylic oxidation sites excluding steroid dienone is 5. The Balaban J connectivity index is 1.30. The van der Waals surface area contributed by atoms with Crippen LogP contribution in [0.4, 0.5) is 20.6 Å². The van der Waals surface area contributed by atoms with Crippen LogP contribution in [0, 0.1) is 17.7 Å². The first-order valence-electron chi connectivity index (χ1n) is 12.0. The molecule has 2 heterocycles. The van der Waals surface area contributed by atoms with Gasteiger partial charge in [0, 0.05) is 5.92 Å². The summed E-state index contributed by atoms with van der Waals surface area (Å²) in [5, 5.41) is 5.65. The van der Waals surface area contributed by atoms with E-state index >= 15 is 0 Å². The van der Waals surface area contributed by atoms with Crippen molar-refractivity contribution in [3.8, 4) is 0 Å². The van der Waals surface area contributed by atoms with Crippen LogP contribution in [-0.2, 0) is 9.53 Å². The summed E-state index contributed by atoms with van der Waals surface area (Å²) in [6.45, 7) is 5.71. The highest BCUT2D eigenvalue weighted by Crippen LogP contribution is 2.44. The lowest BCUT2D eigenvalue weighted by Gasteiger charge is -2.14. The fraction of sp³-hybridized carbons (Fsp3) is 0.250. The average molecular weight is 537 g/mol. The molecule has 8 nitrogen and oxygen atoms in total. The normalized spacial score (nSPS) is 20.6. The van der Waals surface area contributed by atoms with Crippen LogP contribution in [0.25, 0.3) is 0 Å². The quantitative estimate of drug-likeness (QED) is 0.265. The van der Waals surface area contributed by atoms with E-state index in [9.17, 15) is 18.8 Å². The van der Waals surface area contributed by atoms with Gasteiger partial charge in [-0.3, -0.25) is 14.5 Å². The van der Waals surface area contributed by atoms with E-state index in [1.54, 1.807) is 12.1 Å². The zero-order valence-corrected chi connectivity index (χ0v) is 21.4. The van der Waals surface area contributed by atoms with Crippen LogP contribution in [0.5, 0.6) is 0 Å². The van der Waals surface area contributed by atoms with Crippen LogP contribution in [0.2, 0.25) is 5.15 Å². The second-order valence-corrected chi connectivity index (χ2v) is 9.20. The van der Waals surface area contributed by atoms with Gasteiger partial charge in [-0.05, 0) is 61.2 Å². The second-order valence-electron chi connectivity index (χ2n) is 8.82. The number of aromatic nitrogens is 1. The first-order valence-corrected chi connectivity index (χ1v) is 12.4. The topological polar surface area (TPSA) is 101 Å². The summed E-state index contributed by atoms with van der Waals surface area (Å²) < 4.78 is 20.1. The Hall–Kier alpha value is -4.20. The van der Waals surface area contributed by atoms with Crippen molar-refractivity contribution in [1.29, 1.82) is 0 Å². The highest BCUT2D eigenvalue weighted by Gasteiger charge is 2.44. The number of halogens is 2. The van der Waals surface area contributed by atoms with E-state index in [0.717, 1.165) is 18.1 Å². The van der Waals surface area contributed by atoms with Gasteiger partial charge < -0.3 is 15.4 Å². The monoisotopic (exact) mass is 536 g/mol. The van der Waals surface area contributed by atoms with Crippen molar-refractivity contribution in [3.63, 3.8) is 0 Å². The van der Waals surface area contributed by atoms with Crippen LogP contribution in [-0.4, -0.2) is 42.1 Å². The largest absolute Gasteiger partial charge is 0.442 e. The van der Waals surface area contributed by atoms with Crippen LogP contribution in [0.1, 0.15) is 23.7 Å². The number of anilines is 2. The Morgan fingerprint density at radius 1 is 1.32 bits per heavy atom. The number of hydrogen-bond acceptors (Lipinski definition) is 5. The van der Waals surface area contributed by atoms with Crippen molar-refractivity contribution in [2.45, 2.75) is 19.4 Å². The lowest BCUT2D eigenvalue weighted by atomic mass is 10.1. The predicted molar refractivity (Wildman–Crippen MR) is 142 cm³/mol. The molecule has 2 aliphatic rings. The molecule has 10 heteroatoms. The van der Waals surface area contributed by atoms with E-state index in [4.69, 9.17) is 16.3 Å². The van der Waals surface area contributed by atoms with Gasteiger partial charge >= 0.3 is 6.09 Å². The zero-order chi connectivity index (χ0) is 27.2. The number of nitrogens with one attached hydrogen (secondary N) is 2. The summed E-state index contributed by atoms with van der Waals surface area (Å²) in [5.74, 6) is -1.57. The maximum Gasteiger partial charge on any atom is 0.414 e. The third-order valence-electron chi connectivity index (χ3n) is 6.26. The Bertz CT molecular complexity index is 1350. The van der Waals surface area contributed by atoms with Gasteiger partial charge in [-0.25, -0.2) is 14.2 Å². The van der Waals surface area contributed by atoms with Crippen molar-refractivity contribution in [2.24, 2.45) is 11.8 Å². The van der Waals surface area contributed by atoms with Crippen LogP contribution >= 0.6 is 11.6 Å². The van der Waals surface area contributed by atoms with E-state index in [0.29, 0.717) is 5.69 Å². The molecule has 1 aliphatic carbocycles. The maximum absolute atomic E-state index is 14.8. The Morgan fingerprint density at radius 3 is 2.82 bits per heavy atom. The first kappa shape index (κ1) is 26.9. The van der Waals surface area contributed by atoms with Crippen molar-refractivity contribution in [3.05, 3.63) is 95.2 Å². The molecule has 2 fully saturated rings. The molecule has 3 unspecified atom stereocenters. The van der Waals surface area contributed by atoms with Gasteiger partial charge in [-0.2, -0.15) is 0 Å². The van der Waals surface area contributed by atoms with Crippen LogP contribution in [0.3, 0.4) is 0 Å². The minimum Gasteiger partial charge on any atom is -0.442 e. The standard InChI is InChI=1S/C28H26ClFN4O4/c1-3-5-6-7-17(4-2)22-13-23(22)26(35)32-15-20-16-34(28(37)38-20)19-9-10-21(24(30)12-19)27(36)33-18-8-11-25(29)31-14-18/h4-12,14,20,22-23H,1,13,15-16H2,2H3,(H,32,35)(H,33,36)/b7-6-,17-4+. The van der Waals surface area contributed by atoms with Crippen molar-refractivity contribution >= 4 is 40.9 Å². The number of rotatable bonds is 9. The number of hydrogen-bond donors (Lipinski definition) is 2. The van der Waals surface area contributed by atoms with E-state index in [1.807, 2.05) is 25.2 Å². The third-order valence-corrected chi connectivity index (χ3v) is 6.49. The molecule has 1 saturated heterocycles. The van der Waals surface area contributed by atoms with Gasteiger partial charge in [0.15, 0.2) is 0 Å². The summed E-state index contributed by atoms with van der Waals surface area (Å²) >= 11 is 5.73. The number of pyridine rings is 1. The summed E-state index contributed by atoms with van der Waals surface area (Å²) in [6, 6.07) is 6.89. The fourth-order valence-electron chi connectivity index (χ4n) is 4.20. The number of nitrogens with zero attached hydrogens (tertiary/aromatic N) is 2. The molecule has 0 bridgehead atoms. The van der Waals surface area contributed by atoms with Gasteiger partial charge in [0.05, 0.1) is 36.2 Å². The number of carbonyl (C=O) groups excluding carboxylic acids is 3. The second kappa shape index (κ2) is 11.9. The molecule has 2 N–H and O–H groups in total. The number of carbonyl (C=O) groups is 3. The van der Waals surface area contributed by atoms with Crippen molar-refractivity contribution < 1.29 is 23.5 Å². The van der Waals surface area contributed by atoms with Gasteiger partial charge in [0.1, 0.15) is 17.1 Å². The predicted octanol–water partition coefficient (Wildman–Crippen LogP) is 5.05. The first-order chi connectivity index (χ1) is 18.3. The van der Waals surface area contributed by atoms with Crippen molar-refractivity contribution in [1.82, 2.24) is 10.3 Å². The van der Waals surface area contributed by atoms with Gasteiger partial charge in [0.2, 0.25) is 5.91 Å². The molecule has 2 aromatic rings. The third kappa shape index (κ3) is 6.37. The van der Waals surface area contributed by atoms with E-state index in [2.05, 4.69) is 27.9 Å². The number of amides is 3. The summed E-state index contributed by atoms with van der Waals surface area (Å²) in [4.78, 5) is 42.6. The molecule has 3 amide bonds. The molecule has 196 valence electrons. The minimum atomic E-state index is -0.802. The molecule has 0 spiro atoms. The lowest BCUT2D eigenvalue weighted by Crippen LogP contribution is -2.35. The molecule has 4 rings (SSSR count).